The molecule has 302 valence electrons. The zero-order valence-corrected chi connectivity index (χ0v) is 31.6. The van der Waals surface area contributed by atoms with E-state index in [9.17, 15) is 43.5 Å². The summed E-state index contributed by atoms with van der Waals surface area (Å²) < 4.78 is 0. The predicted octanol–water partition coefficient (Wildman–Crippen LogP) is -1.57. The largest absolute Gasteiger partial charge is 0.480 e. The third-order valence-corrected chi connectivity index (χ3v) is 8.23. The smallest absolute Gasteiger partial charge is 0.326 e. The van der Waals surface area contributed by atoms with Crippen molar-refractivity contribution in [2.45, 2.75) is 122 Å². The first-order valence-electron chi connectivity index (χ1n) is 18.1. The van der Waals surface area contributed by atoms with Crippen molar-refractivity contribution in [2.75, 3.05) is 6.54 Å². The van der Waals surface area contributed by atoms with Crippen molar-refractivity contribution in [3.63, 3.8) is 0 Å². The highest BCUT2D eigenvalue weighted by molar-refractivity contribution is 5.97. The number of carboxylic acid groups (broad SMARTS) is 1. The number of benzene rings is 1. The third-order valence-electron chi connectivity index (χ3n) is 8.23. The highest BCUT2D eigenvalue weighted by atomic mass is 16.4. The second-order valence-corrected chi connectivity index (χ2v) is 14.2. The van der Waals surface area contributed by atoms with E-state index in [1.165, 1.54) is 0 Å². The molecule has 1 aromatic carbocycles. The minimum Gasteiger partial charge on any atom is -0.480 e. The maximum atomic E-state index is 13.7. The number of nitrogens with one attached hydrogen (secondary N) is 5. The molecular weight excluding hydrogens is 702 g/mol. The number of primary amides is 2. The van der Waals surface area contributed by atoms with E-state index in [2.05, 4.69) is 26.6 Å². The van der Waals surface area contributed by atoms with Crippen molar-refractivity contribution in [2.24, 2.45) is 34.8 Å². The fraction of sp³-hybridized carbons (Fsp3) is 0.611. The number of aliphatic carboxylic acids is 1. The van der Waals surface area contributed by atoms with Gasteiger partial charge in [-0.3, -0.25) is 33.6 Å². The van der Waals surface area contributed by atoms with Gasteiger partial charge in [0, 0.05) is 6.42 Å². The lowest BCUT2D eigenvalue weighted by Crippen LogP contribution is -2.60. The van der Waals surface area contributed by atoms with Crippen LogP contribution in [0.25, 0.3) is 0 Å². The highest BCUT2D eigenvalue weighted by Gasteiger charge is 2.34. The quantitative estimate of drug-likeness (QED) is 0.0481. The Balaban J connectivity index is 3.24. The van der Waals surface area contributed by atoms with Gasteiger partial charge in [0.15, 0.2) is 0 Å². The standard InChI is InChI=1S/C36H59N9O9/c1-20(2)16-26(43-31(48)23(38)18-22-10-6-5-7-11-22)34(51)44-27(17-21(3)4)33(50)41-24(13-14-29(39)46)32(49)45-28(19-30(40)47)35(52)42-25(36(53)54)12-8-9-15-37/h5-7,10-11,20-21,23-28H,8-9,12-19,37-38H2,1-4H3,(H2,39,46)(H2,40,47)(H,41,50)(H,42,52)(H,43,48)(H,44,51)(H,45,49)(H,53,54)/t23-,24-,25-,26-,27-,28-/m0/s1. The van der Waals surface area contributed by atoms with Crippen molar-refractivity contribution in [1.82, 2.24) is 26.6 Å². The van der Waals surface area contributed by atoms with Crippen LogP contribution in [0.1, 0.15) is 84.6 Å². The number of hydrogen-bond acceptors (Lipinski definition) is 10. The van der Waals surface area contributed by atoms with Gasteiger partial charge in [0.2, 0.25) is 41.4 Å². The number of carbonyl (C=O) groups excluding carboxylic acids is 7. The molecule has 0 aromatic heterocycles. The van der Waals surface area contributed by atoms with Crippen LogP contribution in [0.3, 0.4) is 0 Å². The molecule has 1 aromatic rings. The summed E-state index contributed by atoms with van der Waals surface area (Å²) in [7, 11) is 0. The molecule has 1 rings (SSSR count). The minimum atomic E-state index is -1.64. The van der Waals surface area contributed by atoms with Gasteiger partial charge in [-0.05, 0) is 68.9 Å². The lowest BCUT2D eigenvalue weighted by atomic mass is 9.99. The number of nitrogens with two attached hydrogens (primary N) is 4. The number of hydrogen-bond donors (Lipinski definition) is 10. The average molecular weight is 762 g/mol. The molecule has 7 amide bonds. The maximum absolute atomic E-state index is 13.7. The van der Waals surface area contributed by atoms with Gasteiger partial charge < -0.3 is 54.6 Å². The molecule has 0 aliphatic heterocycles. The molecule has 18 nitrogen and oxygen atoms in total. The molecule has 0 saturated carbocycles. The normalized spacial score (nSPS) is 14.4. The van der Waals surface area contributed by atoms with Crippen LogP contribution in [0.4, 0.5) is 0 Å². The number of carboxylic acids is 1. The summed E-state index contributed by atoms with van der Waals surface area (Å²) >= 11 is 0. The van der Waals surface area contributed by atoms with Crippen LogP contribution in [-0.2, 0) is 44.8 Å². The van der Waals surface area contributed by atoms with Crippen LogP contribution in [-0.4, -0.2) is 95.2 Å². The maximum Gasteiger partial charge on any atom is 0.326 e. The topological polar surface area (TPSA) is 321 Å². The van der Waals surface area contributed by atoms with Crippen LogP contribution in [0.2, 0.25) is 0 Å². The van der Waals surface area contributed by atoms with Gasteiger partial charge in [0.1, 0.15) is 30.2 Å². The Morgan fingerprint density at radius 3 is 1.56 bits per heavy atom. The third kappa shape index (κ3) is 18.6. The molecule has 0 spiro atoms. The average Bonchev–Trinajstić information content (AvgIpc) is 3.08. The molecule has 0 aliphatic rings. The van der Waals surface area contributed by atoms with E-state index in [1.807, 2.05) is 44.2 Å². The van der Waals surface area contributed by atoms with E-state index >= 15 is 0 Å². The molecule has 0 aliphatic carbocycles. The molecule has 0 heterocycles. The van der Waals surface area contributed by atoms with Crippen LogP contribution in [0, 0.1) is 11.8 Å². The molecule has 0 unspecified atom stereocenters. The molecule has 0 fully saturated rings. The molecule has 0 bridgehead atoms. The van der Waals surface area contributed by atoms with Crippen molar-refractivity contribution in [3.05, 3.63) is 35.9 Å². The van der Waals surface area contributed by atoms with Gasteiger partial charge in [-0.25, -0.2) is 4.79 Å². The van der Waals surface area contributed by atoms with E-state index < -0.39 is 90.0 Å². The number of amides is 7. The first-order valence-corrected chi connectivity index (χ1v) is 18.1. The lowest BCUT2D eigenvalue weighted by molar-refractivity contribution is -0.142. The van der Waals surface area contributed by atoms with Crippen LogP contribution in [0.5, 0.6) is 0 Å². The van der Waals surface area contributed by atoms with Crippen LogP contribution >= 0.6 is 0 Å². The molecule has 18 heteroatoms. The number of unbranched alkanes of at least 4 members (excludes halogenated alkanes) is 1. The lowest BCUT2D eigenvalue weighted by Gasteiger charge is -2.28. The molecule has 54 heavy (non-hydrogen) atoms. The Morgan fingerprint density at radius 2 is 1.07 bits per heavy atom. The van der Waals surface area contributed by atoms with Gasteiger partial charge in [-0.2, -0.15) is 0 Å². The Morgan fingerprint density at radius 1 is 0.611 bits per heavy atom. The summed E-state index contributed by atoms with van der Waals surface area (Å²) in [5.74, 6) is -7.42. The van der Waals surface area contributed by atoms with E-state index in [0.29, 0.717) is 19.4 Å². The summed E-state index contributed by atoms with van der Waals surface area (Å²) in [5.41, 5.74) is 23.1. The number of carbonyl (C=O) groups is 8. The van der Waals surface area contributed by atoms with Crippen molar-refractivity contribution in [3.8, 4) is 0 Å². The van der Waals surface area contributed by atoms with Gasteiger partial charge in [0.25, 0.3) is 0 Å². The molecule has 14 N–H and O–H groups in total. The zero-order chi connectivity index (χ0) is 41.0. The van der Waals surface area contributed by atoms with Gasteiger partial charge >= 0.3 is 5.97 Å². The summed E-state index contributed by atoms with van der Waals surface area (Å²) in [6.07, 6.45) is 0.0264. The second kappa shape index (κ2) is 24.3. The zero-order valence-electron chi connectivity index (χ0n) is 31.6. The van der Waals surface area contributed by atoms with Crippen LogP contribution < -0.4 is 49.5 Å². The highest BCUT2D eigenvalue weighted by Crippen LogP contribution is 2.12. The van der Waals surface area contributed by atoms with E-state index in [0.717, 1.165) is 5.56 Å². The Labute approximate surface area is 316 Å². The van der Waals surface area contributed by atoms with Crippen molar-refractivity contribution in [1.29, 1.82) is 0 Å². The summed E-state index contributed by atoms with van der Waals surface area (Å²) in [6.45, 7) is 7.61. The number of rotatable bonds is 26. The Hall–Kier alpha value is -5.10. The summed E-state index contributed by atoms with van der Waals surface area (Å²) in [5, 5.41) is 22.1. The van der Waals surface area contributed by atoms with E-state index in [-0.39, 0.29) is 50.4 Å². The predicted molar refractivity (Wildman–Crippen MR) is 199 cm³/mol. The van der Waals surface area contributed by atoms with Gasteiger partial charge in [-0.1, -0.05) is 58.0 Å². The van der Waals surface area contributed by atoms with Crippen molar-refractivity contribution < 1.29 is 43.5 Å². The Bertz CT molecular complexity index is 1430. The second-order valence-electron chi connectivity index (χ2n) is 14.2. The van der Waals surface area contributed by atoms with Gasteiger partial charge in [-0.15, -0.1) is 0 Å². The monoisotopic (exact) mass is 761 g/mol. The Kier molecular flexibility index (Phi) is 21.1. The first kappa shape index (κ1) is 46.9. The molecule has 0 radical (unpaired) electrons. The van der Waals surface area contributed by atoms with Crippen LogP contribution in [0.15, 0.2) is 30.3 Å². The molecule has 6 atom stereocenters. The van der Waals surface area contributed by atoms with E-state index in [4.69, 9.17) is 22.9 Å². The summed E-state index contributed by atoms with van der Waals surface area (Å²) in [4.78, 5) is 102. The van der Waals surface area contributed by atoms with E-state index in [1.54, 1.807) is 13.8 Å². The summed E-state index contributed by atoms with van der Waals surface area (Å²) in [6, 6.07) is 1.38. The molecule has 0 saturated heterocycles. The SMILES string of the molecule is CC(C)C[C@H](NC(=O)[C@H](CC(C)C)NC(=O)[C@@H](N)Cc1ccccc1)C(=O)N[C@@H](CCC(N)=O)C(=O)N[C@@H](CC(N)=O)C(=O)N[C@@H](CCCCN)C(=O)O. The fourth-order valence-electron chi connectivity index (χ4n) is 5.45. The van der Waals surface area contributed by atoms with Gasteiger partial charge in [0.05, 0.1) is 12.5 Å². The fourth-order valence-corrected chi connectivity index (χ4v) is 5.45. The first-order chi connectivity index (χ1) is 25.3. The van der Waals surface area contributed by atoms with Crippen molar-refractivity contribution >= 4 is 47.3 Å². The minimum absolute atomic E-state index is 0.0258. The molecular formula is C36H59N9O9.